The van der Waals surface area contributed by atoms with Crippen molar-refractivity contribution >= 4 is 10.9 Å². The third-order valence-corrected chi connectivity index (χ3v) is 5.88. The van der Waals surface area contributed by atoms with Gasteiger partial charge >= 0.3 is 0 Å². The fourth-order valence-electron chi connectivity index (χ4n) is 4.00. The Hall–Kier alpha value is -4.09. The van der Waals surface area contributed by atoms with Crippen LogP contribution in [0.5, 0.6) is 5.88 Å². The molecule has 0 bridgehead atoms. The van der Waals surface area contributed by atoms with Gasteiger partial charge in [0.1, 0.15) is 0 Å². The average Bonchev–Trinajstić information content (AvgIpc) is 2.89. The fraction of sp³-hybridized carbons (Fsp3) is 0.138. The number of benzene rings is 2. The fourth-order valence-corrected chi connectivity index (χ4v) is 4.00. The van der Waals surface area contributed by atoms with Crippen LogP contribution in [-0.4, -0.2) is 21.6 Å². The molecule has 3 aromatic heterocycles. The number of ether oxygens (including phenoxy) is 1. The zero-order chi connectivity index (χ0) is 23.3. The zero-order valence-corrected chi connectivity index (χ0v) is 19.1. The van der Waals surface area contributed by atoms with Gasteiger partial charge in [0.05, 0.1) is 23.2 Å². The van der Waals surface area contributed by atoms with E-state index in [1.54, 1.807) is 18.6 Å². The Morgan fingerprint density at radius 2 is 1.62 bits per heavy atom. The number of pyridine rings is 3. The Morgan fingerprint density at radius 3 is 2.35 bits per heavy atom. The molecule has 5 heteroatoms. The van der Waals surface area contributed by atoms with E-state index in [9.17, 15) is 0 Å². The number of nitrogens with zero attached hydrogens (tertiary/aromatic N) is 3. The van der Waals surface area contributed by atoms with Gasteiger partial charge in [-0.05, 0) is 47.9 Å². The summed E-state index contributed by atoms with van der Waals surface area (Å²) >= 11 is 0. The van der Waals surface area contributed by atoms with Crippen LogP contribution in [0, 0.1) is 0 Å². The van der Waals surface area contributed by atoms with Crippen molar-refractivity contribution in [2.45, 2.75) is 19.4 Å². The van der Waals surface area contributed by atoms with Crippen LogP contribution < -0.4 is 10.5 Å². The Bertz CT molecular complexity index is 1390. The summed E-state index contributed by atoms with van der Waals surface area (Å²) in [7, 11) is 0. The van der Waals surface area contributed by atoms with Gasteiger partial charge in [-0.3, -0.25) is 4.98 Å². The number of rotatable bonds is 7. The highest BCUT2D eigenvalue weighted by molar-refractivity contribution is 5.93. The smallest absolute Gasteiger partial charge is 0.222 e. The third-order valence-electron chi connectivity index (χ3n) is 5.88. The molecule has 3 heterocycles. The second-order valence-electron chi connectivity index (χ2n) is 8.30. The lowest BCUT2D eigenvalue weighted by Crippen LogP contribution is -2.04. The van der Waals surface area contributed by atoms with E-state index in [0.717, 1.165) is 45.3 Å². The molecule has 0 saturated heterocycles. The lowest BCUT2D eigenvalue weighted by atomic mass is 9.96. The standard InChI is InChI=1S/C29H26N4O/c1-20(30)22-7-9-24(10-8-22)28-25(23-5-3-2-4-6-23)19-26-27(33-28)13-17-32-29(26)34-18-14-21-11-15-31-16-12-21/h2-13,15-17,19-20H,14,18,30H2,1H3. The maximum atomic E-state index is 6.12. The first-order valence-electron chi connectivity index (χ1n) is 11.4. The highest BCUT2D eigenvalue weighted by Gasteiger charge is 2.15. The highest BCUT2D eigenvalue weighted by atomic mass is 16.5. The molecule has 1 atom stereocenters. The summed E-state index contributed by atoms with van der Waals surface area (Å²) in [5.41, 5.74) is 13.3. The van der Waals surface area contributed by atoms with Crippen molar-refractivity contribution < 1.29 is 4.74 Å². The van der Waals surface area contributed by atoms with Crippen molar-refractivity contribution in [3.63, 3.8) is 0 Å². The van der Waals surface area contributed by atoms with Gasteiger partial charge in [0.2, 0.25) is 5.88 Å². The molecule has 0 amide bonds. The van der Waals surface area contributed by atoms with E-state index in [0.29, 0.717) is 12.5 Å². The van der Waals surface area contributed by atoms with E-state index in [2.05, 4.69) is 52.4 Å². The quantitative estimate of drug-likeness (QED) is 0.332. The molecule has 2 N–H and O–H groups in total. The lowest BCUT2D eigenvalue weighted by Gasteiger charge is -2.14. The van der Waals surface area contributed by atoms with Crippen molar-refractivity contribution in [1.29, 1.82) is 0 Å². The van der Waals surface area contributed by atoms with Crippen molar-refractivity contribution in [3.05, 3.63) is 109 Å². The van der Waals surface area contributed by atoms with Crippen LogP contribution in [0.4, 0.5) is 0 Å². The summed E-state index contributed by atoms with van der Waals surface area (Å²) in [6.07, 6.45) is 6.12. The monoisotopic (exact) mass is 446 g/mol. The molecular weight excluding hydrogens is 420 g/mol. The maximum Gasteiger partial charge on any atom is 0.222 e. The molecule has 0 aliphatic rings. The summed E-state index contributed by atoms with van der Waals surface area (Å²) in [6.45, 7) is 2.51. The van der Waals surface area contributed by atoms with E-state index in [1.807, 2.05) is 43.3 Å². The normalized spacial score (nSPS) is 11.9. The van der Waals surface area contributed by atoms with Crippen LogP contribution in [0.1, 0.15) is 24.1 Å². The van der Waals surface area contributed by atoms with Gasteiger partial charge in [0.15, 0.2) is 0 Å². The number of hydrogen-bond donors (Lipinski definition) is 1. The molecule has 5 aromatic rings. The van der Waals surface area contributed by atoms with Crippen molar-refractivity contribution in [2.24, 2.45) is 5.73 Å². The van der Waals surface area contributed by atoms with Crippen molar-refractivity contribution in [3.8, 4) is 28.3 Å². The largest absolute Gasteiger partial charge is 0.477 e. The minimum atomic E-state index is -0.00913. The molecule has 5 nitrogen and oxygen atoms in total. The second kappa shape index (κ2) is 9.81. The molecule has 0 fully saturated rings. The molecule has 0 aliphatic heterocycles. The molecule has 0 spiro atoms. The molecule has 0 radical (unpaired) electrons. The summed E-state index contributed by atoms with van der Waals surface area (Å²) in [4.78, 5) is 13.7. The zero-order valence-electron chi connectivity index (χ0n) is 19.1. The Morgan fingerprint density at radius 1 is 0.853 bits per heavy atom. The highest BCUT2D eigenvalue weighted by Crippen LogP contribution is 2.36. The van der Waals surface area contributed by atoms with Gasteiger partial charge in [0, 0.05) is 42.2 Å². The lowest BCUT2D eigenvalue weighted by molar-refractivity contribution is 0.313. The molecule has 0 saturated carbocycles. The Kier molecular flexibility index (Phi) is 6.27. The van der Waals surface area contributed by atoms with E-state index in [4.69, 9.17) is 15.5 Å². The number of aromatic nitrogens is 3. The first kappa shape index (κ1) is 21.7. The predicted octanol–water partition coefficient (Wildman–Crippen LogP) is 6.00. The topological polar surface area (TPSA) is 73.9 Å². The maximum absolute atomic E-state index is 6.12. The first-order chi connectivity index (χ1) is 16.7. The van der Waals surface area contributed by atoms with Gasteiger partial charge < -0.3 is 10.5 Å². The van der Waals surface area contributed by atoms with E-state index in [-0.39, 0.29) is 6.04 Å². The summed E-state index contributed by atoms with van der Waals surface area (Å²) in [5.74, 6) is 0.593. The van der Waals surface area contributed by atoms with Gasteiger partial charge in [-0.25, -0.2) is 9.97 Å². The van der Waals surface area contributed by atoms with Crippen LogP contribution in [0.2, 0.25) is 0 Å². The van der Waals surface area contributed by atoms with Crippen LogP contribution in [0.15, 0.2) is 97.5 Å². The molecule has 34 heavy (non-hydrogen) atoms. The number of fused-ring (bicyclic) bond motifs is 1. The molecule has 1 unspecified atom stereocenters. The first-order valence-corrected chi connectivity index (χ1v) is 11.4. The average molecular weight is 447 g/mol. The number of nitrogens with two attached hydrogens (primary N) is 1. The Balaban J connectivity index is 1.56. The molecule has 0 aliphatic carbocycles. The van der Waals surface area contributed by atoms with Gasteiger partial charge in [-0.2, -0.15) is 0 Å². The van der Waals surface area contributed by atoms with E-state index < -0.39 is 0 Å². The van der Waals surface area contributed by atoms with Crippen LogP contribution in [-0.2, 0) is 6.42 Å². The minimum Gasteiger partial charge on any atom is -0.477 e. The Labute approximate surface area is 199 Å². The van der Waals surface area contributed by atoms with E-state index >= 15 is 0 Å². The van der Waals surface area contributed by atoms with Gasteiger partial charge in [0.25, 0.3) is 0 Å². The molecule has 5 rings (SSSR count). The summed E-state index contributed by atoms with van der Waals surface area (Å²) < 4.78 is 6.12. The third kappa shape index (κ3) is 4.65. The van der Waals surface area contributed by atoms with Crippen LogP contribution >= 0.6 is 0 Å². The summed E-state index contributed by atoms with van der Waals surface area (Å²) in [5, 5.41) is 0.895. The van der Waals surface area contributed by atoms with Crippen LogP contribution in [0.25, 0.3) is 33.3 Å². The number of hydrogen-bond acceptors (Lipinski definition) is 5. The van der Waals surface area contributed by atoms with Crippen molar-refractivity contribution in [2.75, 3.05) is 6.61 Å². The predicted molar refractivity (Wildman–Crippen MR) is 136 cm³/mol. The second-order valence-corrected chi connectivity index (χ2v) is 8.30. The molecular formula is C29H26N4O. The minimum absolute atomic E-state index is 0.00913. The summed E-state index contributed by atoms with van der Waals surface area (Å²) in [6, 6.07) is 26.7. The van der Waals surface area contributed by atoms with Gasteiger partial charge in [-0.1, -0.05) is 54.6 Å². The van der Waals surface area contributed by atoms with Gasteiger partial charge in [-0.15, -0.1) is 0 Å². The molecule has 168 valence electrons. The molecule has 2 aromatic carbocycles. The SMILES string of the molecule is CC(N)c1ccc(-c2nc3ccnc(OCCc4ccncc4)c3cc2-c2ccccc2)cc1. The van der Waals surface area contributed by atoms with E-state index in [1.165, 1.54) is 5.56 Å². The van der Waals surface area contributed by atoms with Crippen LogP contribution in [0.3, 0.4) is 0 Å². The van der Waals surface area contributed by atoms with Crippen molar-refractivity contribution in [1.82, 2.24) is 15.0 Å².